The predicted octanol–water partition coefficient (Wildman–Crippen LogP) is 2.31. The van der Waals surface area contributed by atoms with E-state index in [1.165, 1.54) is 10.6 Å². The van der Waals surface area contributed by atoms with Gasteiger partial charge in [-0.25, -0.2) is 4.98 Å². The van der Waals surface area contributed by atoms with Gasteiger partial charge in [-0.3, -0.25) is 14.0 Å². The highest BCUT2D eigenvalue weighted by Gasteiger charge is 2.22. The van der Waals surface area contributed by atoms with Crippen molar-refractivity contribution >= 4 is 11.6 Å². The monoisotopic (exact) mass is 299 g/mol. The van der Waals surface area contributed by atoms with Crippen LogP contribution >= 0.6 is 0 Å². The van der Waals surface area contributed by atoms with E-state index < -0.39 is 0 Å². The van der Waals surface area contributed by atoms with Crippen LogP contribution in [0.5, 0.6) is 0 Å². The molecule has 0 unspecified atom stereocenters. The summed E-state index contributed by atoms with van der Waals surface area (Å²) in [5.74, 6) is 0.415. The highest BCUT2D eigenvalue weighted by molar-refractivity contribution is 5.93. The quantitative estimate of drug-likeness (QED) is 0.925. The predicted molar refractivity (Wildman–Crippen MR) is 85.1 cm³/mol. The molecular formula is C17H21N3O2. The molecule has 0 saturated heterocycles. The van der Waals surface area contributed by atoms with Gasteiger partial charge in [0.2, 0.25) is 0 Å². The van der Waals surface area contributed by atoms with Gasteiger partial charge in [-0.15, -0.1) is 0 Å². The third kappa shape index (κ3) is 2.75. The van der Waals surface area contributed by atoms with E-state index in [0.29, 0.717) is 5.65 Å². The molecule has 1 aliphatic carbocycles. The van der Waals surface area contributed by atoms with Gasteiger partial charge in [0.25, 0.3) is 11.5 Å². The lowest BCUT2D eigenvalue weighted by Gasteiger charge is -2.26. The van der Waals surface area contributed by atoms with Crippen LogP contribution in [0.1, 0.15) is 48.7 Å². The van der Waals surface area contributed by atoms with Gasteiger partial charge >= 0.3 is 0 Å². The van der Waals surface area contributed by atoms with Gasteiger partial charge < -0.3 is 5.32 Å². The zero-order chi connectivity index (χ0) is 15.7. The number of amides is 1. The average molecular weight is 299 g/mol. The summed E-state index contributed by atoms with van der Waals surface area (Å²) in [6.07, 6.45) is 5.60. The normalized spacial score (nSPS) is 21.7. The number of carbonyl (C=O) groups excluding carboxylic acids is 1. The summed E-state index contributed by atoms with van der Waals surface area (Å²) in [6.45, 7) is 4.07. The van der Waals surface area contributed by atoms with Crippen LogP contribution < -0.4 is 10.9 Å². The Labute approximate surface area is 129 Å². The number of aryl methyl sites for hydroxylation is 1. The highest BCUT2D eigenvalue weighted by atomic mass is 16.2. The summed E-state index contributed by atoms with van der Waals surface area (Å²) in [6, 6.07) is 5.61. The number of nitrogens with one attached hydrogen (secondary N) is 1. The van der Waals surface area contributed by atoms with Crippen molar-refractivity contribution in [2.75, 3.05) is 0 Å². The van der Waals surface area contributed by atoms with Crippen LogP contribution in [0.2, 0.25) is 0 Å². The number of hydrogen-bond donors (Lipinski definition) is 1. The molecule has 0 bridgehead atoms. The molecule has 0 radical (unpaired) electrons. The van der Waals surface area contributed by atoms with Crippen molar-refractivity contribution in [2.45, 2.75) is 45.6 Å². The van der Waals surface area contributed by atoms with Gasteiger partial charge in [0.1, 0.15) is 11.2 Å². The summed E-state index contributed by atoms with van der Waals surface area (Å²) in [5, 5.41) is 2.99. The summed E-state index contributed by atoms with van der Waals surface area (Å²) >= 11 is 0. The molecule has 22 heavy (non-hydrogen) atoms. The van der Waals surface area contributed by atoms with E-state index in [1.807, 2.05) is 19.1 Å². The van der Waals surface area contributed by atoms with Crippen LogP contribution in [0.15, 0.2) is 29.2 Å². The molecule has 2 aromatic heterocycles. The molecule has 1 fully saturated rings. The zero-order valence-electron chi connectivity index (χ0n) is 13.0. The Kier molecular flexibility index (Phi) is 3.96. The molecule has 0 spiro atoms. The topological polar surface area (TPSA) is 63.5 Å². The Morgan fingerprint density at radius 2 is 2.00 bits per heavy atom. The molecule has 1 N–H and O–H groups in total. The molecule has 0 atom stereocenters. The highest BCUT2D eigenvalue weighted by Crippen LogP contribution is 2.23. The molecule has 5 heteroatoms. The minimum Gasteiger partial charge on any atom is -0.349 e. The number of pyridine rings is 1. The smallest absolute Gasteiger partial charge is 0.270 e. The van der Waals surface area contributed by atoms with E-state index in [2.05, 4.69) is 17.2 Å². The Morgan fingerprint density at radius 1 is 1.27 bits per heavy atom. The molecule has 2 aromatic rings. The van der Waals surface area contributed by atoms with Gasteiger partial charge in [-0.1, -0.05) is 13.0 Å². The van der Waals surface area contributed by atoms with Gasteiger partial charge in [-0.2, -0.15) is 0 Å². The van der Waals surface area contributed by atoms with Crippen molar-refractivity contribution < 1.29 is 4.79 Å². The summed E-state index contributed by atoms with van der Waals surface area (Å²) < 4.78 is 1.48. The lowest BCUT2D eigenvalue weighted by atomic mass is 9.87. The zero-order valence-corrected chi connectivity index (χ0v) is 13.0. The lowest BCUT2D eigenvalue weighted by molar-refractivity contribution is 0.0921. The van der Waals surface area contributed by atoms with Gasteiger partial charge in [0.05, 0.1) is 0 Å². The molecule has 2 heterocycles. The van der Waals surface area contributed by atoms with Crippen molar-refractivity contribution in [2.24, 2.45) is 5.92 Å². The SMILES string of the molecule is Cc1cccc2ncc(C(=O)NC3CCC(C)CC3)c(=O)n12. The third-order valence-corrected chi connectivity index (χ3v) is 4.52. The molecule has 3 rings (SSSR count). The number of nitrogens with zero attached hydrogens (tertiary/aromatic N) is 2. The van der Waals surface area contributed by atoms with Crippen LogP contribution in [0, 0.1) is 12.8 Å². The maximum atomic E-state index is 12.5. The minimum absolute atomic E-state index is 0.116. The molecule has 1 aliphatic rings. The van der Waals surface area contributed by atoms with Crippen molar-refractivity contribution in [1.82, 2.24) is 14.7 Å². The van der Waals surface area contributed by atoms with Gasteiger partial charge in [0.15, 0.2) is 0 Å². The number of carbonyl (C=O) groups is 1. The first kappa shape index (κ1) is 14.8. The lowest BCUT2D eigenvalue weighted by Crippen LogP contribution is -2.40. The van der Waals surface area contributed by atoms with Crippen LogP contribution in [0.3, 0.4) is 0 Å². The second-order valence-corrected chi connectivity index (χ2v) is 6.27. The summed E-state index contributed by atoms with van der Waals surface area (Å²) in [7, 11) is 0. The van der Waals surface area contributed by atoms with Crippen molar-refractivity contribution in [3.63, 3.8) is 0 Å². The fourth-order valence-electron chi connectivity index (χ4n) is 3.10. The Hall–Kier alpha value is -2.17. The Bertz CT molecular complexity index is 758. The maximum Gasteiger partial charge on any atom is 0.270 e. The first-order valence-electron chi connectivity index (χ1n) is 7.84. The number of fused-ring (bicyclic) bond motifs is 1. The second kappa shape index (κ2) is 5.91. The van der Waals surface area contributed by atoms with Crippen molar-refractivity contribution in [1.29, 1.82) is 0 Å². The molecule has 0 aliphatic heterocycles. The van der Waals surface area contributed by atoms with E-state index in [4.69, 9.17) is 0 Å². The Morgan fingerprint density at radius 3 is 2.73 bits per heavy atom. The fourth-order valence-corrected chi connectivity index (χ4v) is 3.10. The average Bonchev–Trinajstić information content (AvgIpc) is 2.50. The third-order valence-electron chi connectivity index (χ3n) is 4.52. The van der Waals surface area contributed by atoms with Crippen LogP contribution in [0.4, 0.5) is 0 Å². The first-order valence-corrected chi connectivity index (χ1v) is 7.84. The summed E-state index contributed by atoms with van der Waals surface area (Å²) in [4.78, 5) is 29.2. The molecule has 0 aromatic carbocycles. The molecule has 5 nitrogen and oxygen atoms in total. The molecule has 116 valence electrons. The number of rotatable bonds is 2. The van der Waals surface area contributed by atoms with E-state index in [0.717, 1.165) is 37.3 Å². The van der Waals surface area contributed by atoms with Gasteiger partial charge in [-0.05, 0) is 50.7 Å². The fraction of sp³-hybridized carbons (Fsp3) is 0.471. The number of hydrogen-bond acceptors (Lipinski definition) is 3. The molecule has 1 saturated carbocycles. The largest absolute Gasteiger partial charge is 0.349 e. The van der Waals surface area contributed by atoms with Crippen LogP contribution in [-0.2, 0) is 0 Å². The Balaban J connectivity index is 1.87. The van der Waals surface area contributed by atoms with Crippen LogP contribution in [0.25, 0.3) is 5.65 Å². The second-order valence-electron chi connectivity index (χ2n) is 6.27. The summed E-state index contributed by atoms with van der Waals surface area (Å²) in [5.41, 5.74) is 1.15. The van der Waals surface area contributed by atoms with Crippen LogP contribution in [-0.4, -0.2) is 21.3 Å². The standard InChI is InChI=1S/C17H21N3O2/c1-11-6-8-13(9-7-11)19-16(21)14-10-18-15-5-3-4-12(2)20(15)17(14)22/h3-5,10-11,13H,6-9H2,1-2H3,(H,19,21). The molecule has 1 amide bonds. The number of aromatic nitrogens is 2. The van der Waals surface area contributed by atoms with E-state index in [1.54, 1.807) is 6.07 Å². The van der Waals surface area contributed by atoms with E-state index in [-0.39, 0.29) is 23.1 Å². The minimum atomic E-state index is -0.310. The van der Waals surface area contributed by atoms with Crippen molar-refractivity contribution in [3.8, 4) is 0 Å². The molecular weight excluding hydrogens is 278 g/mol. The van der Waals surface area contributed by atoms with Crippen molar-refractivity contribution in [3.05, 3.63) is 46.0 Å². The van der Waals surface area contributed by atoms with E-state index in [9.17, 15) is 9.59 Å². The van der Waals surface area contributed by atoms with Gasteiger partial charge in [0, 0.05) is 17.9 Å². The van der Waals surface area contributed by atoms with E-state index >= 15 is 0 Å². The maximum absolute atomic E-state index is 12.5. The first-order chi connectivity index (χ1) is 10.6.